The van der Waals surface area contributed by atoms with Gasteiger partial charge >= 0.3 is 11.9 Å². The molecule has 1 aromatic carbocycles. The fraction of sp³-hybridized carbons (Fsp3) is 0.368. The number of aromatic nitrogens is 2. The van der Waals surface area contributed by atoms with Crippen molar-refractivity contribution in [3.8, 4) is 0 Å². The van der Waals surface area contributed by atoms with Crippen molar-refractivity contribution in [3.63, 3.8) is 0 Å². The van der Waals surface area contributed by atoms with E-state index in [1.54, 1.807) is 0 Å². The molecular formula is C19H20F3N7O4. The predicted molar refractivity (Wildman–Crippen MR) is 110 cm³/mol. The molecule has 1 unspecified atom stereocenters. The molecule has 3 rings (SSSR count). The number of benzene rings is 1. The van der Waals surface area contributed by atoms with Gasteiger partial charge in [-0.25, -0.2) is 9.97 Å². The van der Waals surface area contributed by atoms with Gasteiger partial charge in [0.1, 0.15) is 12.4 Å². The molecule has 0 aliphatic carbocycles. The molecule has 11 nitrogen and oxygen atoms in total. The van der Waals surface area contributed by atoms with Gasteiger partial charge in [-0.05, 0) is 30.5 Å². The van der Waals surface area contributed by atoms with Crippen molar-refractivity contribution in [2.24, 2.45) is 5.73 Å². The highest BCUT2D eigenvalue weighted by Gasteiger charge is 2.37. The van der Waals surface area contributed by atoms with Crippen LogP contribution in [0.2, 0.25) is 0 Å². The second kappa shape index (κ2) is 9.67. The normalized spacial score (nSPS) is 15.8. The molecule has 1 atom stereocenters. The maximum Gasteiger partial charge on any atom is 0.416 e. The van der Waals surface area contributed by atoms with Crippen LogP contribution in [-0.4, -0.2) is 45.8 Å². The minimum atomic E-state index is -4.52. The zero-order valence-corrected chi connectivity index (χ0v) is 17.1. The summed E-state index contributed by atoms with van der Waals surface area (Å²) in [6.07, 6.45) is -2.54. The molecule has 0 bridgehead atoms. The maximum atomic E-state index is 12.9. The minimum Gasteiger partial charge on any atom is -0.368 e. The summed E-state index contributed by atoms with van der Waals surface area (Å²) < 4.78 is 38.8. The molecule has 0 radical (unpaired) electrons. The Morgan fingerprint density at radius 1 is 1.30 bits per heavy atom. The number of hydrogen-bond acceptors (Lipinski definition) is 8. The molecule has 1 aliphatic rings. The summed E-state index contributed by atoms with van der Waals surface area (Å²) in [5, 5.41) is 16.9. The third kappa shape index (κ3) is 5.64. The Kier molecular flexibility index (Phi) is 6.94. The van der Waals surface area contributed by atoms with Crippen molar-refractivity contribution < 1.29 is 27.7 Å². The van der Waals surface area contributed by atoms with Gasteiger partial charge in [-0.1, -0.05) is 12.1 Å². The molecule has 2 aromatic rings. The summed E-state index contributed by atoms with van der Waals surface area (Å²) in [5.41, 5.74) is 3.91. The first kappa shape index (κ1) is 23.7. The number of anilines is 2. The highest BCUT2D eigenvalue weighted by Crippen LogP contribution is 2.36. The van der Waals surface area contributed by atoms with Gasteiger partial charge in [0.15, 0.2) is 0 Å². The Morgan fingerprint density at radius 2 is 2.06 bits per heavy atom. The lowest BCUT2D eigenvalue weighted by Gasteiger charge is -2.24. The maximum absolute atomic E-state index is 12.9. The number of primary amides is 1. The van der Waals surface area contributed by atoms with E-state index in [1.165, 1.54) is 17.0 Å². The van der Waals surface area contributed by atoms with Crippen molar-refractivity contribution >= 4 is 29.1 Å². The van der Waals surface area contributed by atoms with Crippen molar-refractivity contribution in [1.29, 1.82) is 0 Å². The van der Waals surface area contributed by atoms with Crippen molar-refractivity contribution in [2.75, 3.05) is 23.3 Å². The predicted octanol–water partition coefficient (Wildman–Crippen LogP) is 1.59. The van der Waals surface area contributed by atoms with Gasteiger partial charge in [-0.3, -0.25) is 19.7 Å². The molecule has 33 heavy (non-hydrogen) atoms. The summed E-state index contributed by atoms with van der Waals surface area (Å²) in [4.78, 5) is 43.8. The molecule has 0 spiro atoms. The number of halogens is 3. The van der Waals surface area contributed by atoms with Crippen LogP contribution in [0.3, 0.4) is 0 Å². The van der Waals surface area contributed by atoms with E-state index in [2.05, 4.69) is 20.6 Å². The number of carbonyl (C=O) groups is 2. The number of amides is 2. The van der Waals surface area contributed by atoms with Crippen molar-refractivity contribution in [2.45, 2.75) is 31.6 Å². The number of nitro groups is 1. The van der Waals surface area contributed by atoms with E-state index in [0.29, 0.717) is 19.4 Å². The van der Waals surface area contributed by atoms with Crippen LogP contribution >= 0.6 is 0 Å². The Labute approximate surface area is 185 Å². The molecule has 14 heteroatoms. The average Bonchev–Trinajstić information content (AvgIpc) is 3.25. The Morgan fingerprint density at radius 3 is 2.73 bits per heavy atom. The van der Waals surface area contributed by atoms with Crippen LogP contribution in [0.4, 0.5) is 30.5 Å². The van der Waals surface area contributed by atoms with Gasteiger partial charge in [-0.2, -0.15) is 13.2 Å². The van der Waals surface area contributed by atoms with Gasteiger partial charge in [0.2, 0.25) is 23.5 Å². The minimum absolute atomic E-state index is 0.113. The van der Waals surface area contributed by atoms with Crippen LogP contribution in [0.5, 0.6) is 0 Å². The summed E-state index contributed by atoms with van der Waals surface area (Å²) in [6.45, 7) is -0.248. The number of nitrogens with two attached hydrogens (primary N) is 1. The largest absolute Gasteiger partial charge is 0.416 e. The Bertz CT molecular complexity index is 1060. The first-order valence-electron chi connectivity index (χ1n) is 9.80. The standard InChI is InChI=1S/C19H20F3N7O4/c20-19(21,22)12-4-1-3-11(7-12)8-24-16-15(29(32)33)17(27-10-26-16)28-6-2-5-13(28)18(31)25-9-14(23)30/h1,3-4,7,10,13H,2,5-6,8-9H2,(H2,23,30)(H,25,31)(H,24,26,27). The van der Waals surface area contributed by atoms with Crippen LogP contribution in [0.1, 0.15) is 24.0 Å². The van der Waals surface area contributed by atoms with Gasteiger partial charge in [-0.15, -0.1) is 0 Å². The van der Waals surface area contributed by atoms with Crippen molar-refractivity contribution in [3.05, 3.63) is 51.8 Å². The number of nitrogens with one attached hydrogen (secondary N) is 2. The Balaban J connectivity index is 1.85. The van der Waals surface area contributed by atoms with Crippen LogP contribution in [-0.2, 0) is 22.3 Å². The molecule has 1 aliphatic heterocycles. The van der Waals surface area contributed by atoms with Crippen molar-refractivity contribution in [1.82, 2.24) is 15.3 Å². The smallest absolute Gasteiger partial charge is 0.368 e. The number of nitrogens with zero attached hydrogens (tertiary/aromatic N) is 4. The Hall–Kier alpha value is -3.97. The van der Waals surface area contributed by atoms with E-state index in [-0.39, 0.29) is 30.3 Å². The van der Waals surface area contributed by atoms with E-state index in [9.17, 15) is 32.9 Å². The molecule has 176 valence electrons. The van der Waals surface area contributed by atoms with Gasteiger partial charge in [0.25, 0.3) is 0 Å². The average molecular weight is 467 g/mol. The van der Waals surface area contributed by atoms with Gasteiger partial charge in [0.05, 0.1) is 17.0 Å². The number of carbonyl (C=O) groups excluding carboxylic acids is 2. The van der Waals surface area contributed by atoms with Crippen LogP contribution < -0.4 is 21.3 Å². The topological polar surface area (TPSA) is 156 Å². The molecule has 1 fully saturated rings. The highest BCUT2D eigenvalue weighted by molar-refractivity contribution is 5.90. The van der Waals surface area contributed by atoms with E-state index in [0.717, 1.165) is 18.5 Å². The fourth-order valence-electron chi connectivity index (χ4n) is 3.51. The van der Waals surface area contributed by atoms with E-state index in [1.807, 2.05) is 0 Å². The number of alkyl halides is 3. The van der Waals surface area contributed by atoms with E-state index >= 15 is 0 Å². The molecule has 2 amide bonds. The van der Waals surface area contributed by atoms with Crippen LogP contribution in [0.25, 0.3) is 0 Å². The van der Waals surface area contributed by atoms with Crippen LogP contribution in [0, 0.1) is 10.1 Å². The zero-order valence-electron chi connectivity index (χ0n) is 17.1. The van der Waals surface area contributed by atoms with Gasteiger partial charge in [0, 0.05) is 13.1 Å². The molecule has 4 N–H and O–H groups in total. The lowest BCUT2D eigenvalue weighted by Crippen LogP contribution is -2.46. The monoisotopic (exact) mass is 467 g/mol. The van der Waals surface area contributed by atoms with Crippen LogP contribution in [0.15, 0.2) is 30.6 Å². The summed E-state index contributed by atoms with van der Waals surface area (Å²) >= 11 is 0. The lowest BCUT2D eigenvalue weighted by atomic mass is 10.1. The zero-order chi connectivity index (χ0) is 24.2. The quantitative estimate of drug-likeness (QED) is 0.390. The first-order valence-corrected chi connectivity index (χ1v) is 9.80. The third-order valence-corrected chi connectivity index (χ3v) is 4.96. The summed E-state index contributed by atoms with van der Waals surface area (Å²) in [7, 11) is 0. The fourth-order valence-corrected chi connectivity index (χ4v) is 3.51. The second-order valence-corrected chi connectivity index (χ2v) is 7.24. The van der Waals surface area contributed by atoms with Gasteiger partial charge < -0.3 is 21.3 Å². The molecular weight excluding hydrogens is 447 g/mol. The SMILES string of the molecule is NC(=O)CNC(=O)C1CCCN1c1ncnc(NCc2cccc(C(F)(F)F)c2)c1[N+](=O)[O-]. The van der Waals surface area contributed by atoms with E-state index in [4.69, 9.17) is 5.73 Å². The lowest BCUT2D eigenvalue weighted by molar-refractivity contribution is -0.383. The summed E-state index contributed by atoms with van der Waals surface area (Å²) in [5.74, 6) is -1.58. The van der Waals surface area contributed by atoms with E-state index < -0.39 is 40.2 Å². The molecule has 0 saturated carbocycles. The highest BCUT2D eigenvalue weighted by atomic mass is 19.4. The third-order valence-electron chi connectivity index (χ3n) is 4.96. The summed E-state index contributed by atoms with van der Waals surface area (Å²) in [6, 6.07) is 3.72. The number of rotatable bonds is 8. The molecule has 1 saturated heterocycles. The molecule has 1 aromatic heterocycles. The first-order chi connectivity index (χ1) is 15.6. The molecule has 2 heterocycles. The number of hydrogen-bond donors (Lipinski definition) is 3. The second-order valence-electron chi connectivity index (χ2n) is 7.24.